The maximum absolute atomic E-state index is 5.82. The van der Waals surface area contributed by atoms with Crippen LogP contribution in [0.1, 0.15) is 39.5 Å². The molecule has 1 saturated heterocycles. The number of aliphatic imine (C=N–C) groups is 1. The zero-order valence-electron chi connectivity index (χ0n) is 18.4. The summed E-state index contributed by atoms with van der Waals surface area (Å²) in [6.07, 6.45) is 4.39. The number of nitrogens with zero attached hydrogens (tertiary/aromatic N) is 2. The molecule has 1 fully saturated rings. The van der Waals surface area contributed by atoms with Gasteiger partial charge in [0.05, 0.1) is 12.6 Å². The van der Waals surface area contributed by atoms with Crippen molar-refractivity contribution in [3.63, 3.8) is 0 Å². The van der Waals surface area contributed by atoms with Crippen molar-refractivity contribution in [2.24, 2.45) is 10.9 Å². The van der Waals surface area contributed by atoms with E-state index < -0.39 is 0 Å². The molecular formula is C20H43IN4O3. The van der Waals surface area contributed by atoms with E-state index in [1.165, 1.54) is 0 Å². The van der Waals surface area contributed by atoms with Crippen LogP contribution in [-0.4, -0.2) is 90.3 Å². The molecule has 0 amide bonds. The van der Waals surface area contributed by atoms with E-state index in [2.05, 4.69) is 36.6 Å². The Bertz CT molecular complexity index is 380. The van der Waals surface area contributed by atoms with Crippen LogP contribution in [0, 0.1) is 5.92 Å². The quantitative estimate of drug-likeness (QED) is 0.161. The van der Waals surface area contributed by atoms with Crippen LogP contribution in [0.25, 0.3) is 0 Å². The van der Waals surface area contributed by atoms with Crippen LogP contribution in [0.4, 0.5) is 0 Å². The van der Waals surface area contributed by atoms with Crippen molar-refractivity contribution in [2.45, 2.75) is 45.6 Å². The van der Waals surface area contributed by atoms with Crippen molar-refractivity contribution < 1.29 is 14.2 Å². The van der Waals surface area contributed by atoms with Gasteiger partial charge in [-0.3, -0.25) is 4.99 Å². The minimum absolute atomic E-state index is 0. The summed E-state index contributed by atoms with van der Waals surface area (Å²) in [5.74, 6) is 1.53. The molecule has 0 aromatic rings. The number of rotatable bonds is 14. The highest BCUT2D eigenvalue weighted by Crippen LogP contribution is 2.14. The van der Waals surface area contributed by atoms with Gasteiger partial charge in [0, 0.05) is 52.7 Å². The molecule has 7 nitrogen and oxygen atoms in total. The molecule has 28 heavy (non-hydrogen) atoms. The maximum Gasteiger partial charge on any atom is 0.191 e. The van der Waals surface area contributed by atoms with Gasteiger partial charge >= 0.3 is 0 Å². The molecule has 0 aromatic carbocycles. The van der Waals surface area contributed by atoms with Crippen LogP contribution in [-0.2, 0) is 14.2 Å². The van der Waals surface area contributed by atoms with Crippen LogP contribution in [0.5, 0.6) is 0 Å². The van der Waals surface area contributed by atoms with Gasteiger partial charge in [-0.2, -0.15) is 0 Å². The Hall–Kier alpha value is -0.160. The lowest BCUT2D eigenvalue weighted by Crippen LogP contribution is -2.39. The second-order valence-electron chi connectivity index (χ2n) is 7.30. The third-order valence-electron chi connectivity index (χ3n) is 4.55. The van der Waals surface area contributed by atoms with E-state index in [1.807, 2.05) is 6.92 Å². The SMILES string of the molecule is CCNC(=NCC(CCN(C)C)OCC)NCCCOCC1CCOCC1.I. The van der Waals surface area contributed by atoms with Gasteiger partial charge in [0.15, 0.2) is 5.96 Å². The predicted octanol–water partition coefficient (Wildman–Crippen LogP) is 2.35. The van der Waals surface area contributed by atoms with Crippen molar-refractivity contribution in [2.75, 3.05) is 73.3 Å². The summed E-state index contributed by atoms with van der Waals surface area (Å²) < 4.78 is 17.0. The van der Waals surface area contributed by atoms with E-state index in [-0.39, 0.29) is 30.1 Å². The fraction of sp³-hybridized carbons (Fsp3) is 0.950. The van der Waals surface area contributed by atoms with Crippen molar-refractivity contribution in [1.29, 1.82) is 0 Å². The minimum atomic E-state index is 0. The monoisotopic (exact) mass is 514 g/mol. The van der Waals surface area contributed by atoms with Crippen LogP contribution in [0.15, 0.2) is 4.99 Å². The Labute approximate surface area is 189 Å². The molecule has 168 valence electrons. The Morgan fingerprint density at radius 2 is 1.96 bits per heavy atom. The second kappa shape index (κ2) is 18.8. The first-order valence-corrected chi connectivity index (χ1v) is 10.6. The lowest BCUT2D eigenvalue weighted by atomic mass is 10.0. The minimum Gasteiger partial charge on any atom is -0.381 e. The Kier molecular flexibility index (Phi) is 18.7. The number of nitrogens with one attached hydrogen (secondary N) is 2. The molecule has 0 aliphatic carbocycles. The summed E-state index contributed by atoms with van der Waals surface area (Å²) in [5.41, 5.74) is 0. The molecule has 0 aromatic heterocycles. The number of hydrogen-bond donors (Lipinski definition) is 2. The van der Waals surface area contributed by atoms with Crippen LogP contribution >= 0.6 is 24.0 Å². The summed E-state index contributed by atoms with van der Waals surface area (Å²) in [6, 6.07) is 0. The van der Waals surface area contributed by atoms with Crippen LogP contribution in [0.2, 0.25) is 0 Å². The number of hydrogen-bond acceptors (Lipinski definition) is 5. The van der Waals surface area contributed by atoms with E-state index in [4.69, 9.17) is 19.2 Å². The lowest BCUT2D eigenvalue weighted by Gasteiger charge is -2.21. The molecule has 0 saturated carbocycles. The van der Waals surface area contributed by atoms with Gasteiger partial charge in [0.2, 0.25) is 0 Å². The summed E-state index contributed by atoms with van der Waals surface area (Å²) >= 11 is 0. The highest BCUT2D eigenvalue weighted by molar-refractivity contribution is 14.0. The van der Waals surface area contributed by atoms with Gasteiger partial charge in [-0.1, -0.05) is 0 Å². The average Bonchev–Trinajstić information content (AvgIpc) is 2.67. The first kappa shape index (κ1) is 27.8. The van der Waals surface area contributed by atoms with Crippen molar-refractivity contribution in [3.8, 4) is 0 Å². The fourth-order valence-electron chi connectivity index (χ4n) is 2.94. The van der Waals surface area contributed by atoms with Gasteiger partial charge in [0.25, 0.3) is 0 Å². The first-order chi connectivity index (χ1) is 13.2. The maximum atomic E-state index is 5.82. The molecular weight excluding hydrogens is 471 g/mol. The van der Waals surface area contributed by atoms with E-state index in [0.717, 1.165) is 84.3 Å². The molecule has 2 N–H and O–H groups in total. The third-order valence-corrected chi connectivity index (χ3v) is 4.55. The Morgan fingerprint density at radius 1 is 1.21 bits per heavy atom. The van der Waals surface area contributed by atoms with E-state index >= 15 is 0 Å². The Balaban J connectivity index is 0.00000729. The van der Waals surface area contributed by atoms with Gasteiger partial charge in [0.1, 0.15) is 0 Å². The molecule has 0 radical (unpaired) electrons. The molecule has 1 atom stereocenters. The van der Waals surface area contributed by atoms with Crippen molar-refractivity contribution >= 4 is 29.9 Å². The van der Waals surface area contributed by atoms with Crippen molar-refractivity contribution in [1.82, 2.24) is 15.5 Å². The van der Waals surface area contributed by atoms with Gasteiger partial charge < -0.3 is 29.7 Å². The van der Waals surface area contributed by atoms with E-state index in [0.29, 0.717) is 12.5 Å². The molecule has 1 rings (SSSR count). The number of ether oxygens (including phenoxy) is 3. The largest absolute Gasteiger partial charge is 0.381 e. The molecule has 1 unspecified atom stereocenters. The highest BCUT2D eigenvalue weighted by Gasteiger charge is 2.13. The first-order valence-electron chi connectivity index (χ1n) is 10.6. The summed E-state index contributed by atoms with van der Waals surface area (Å²) in [5, 5.41) is 6.70. The smallest absolute Gasteiger partial charge is 0.191 e. The molecule has 1 heterocycles. The van der Waals surface area contributed by atoms with Gasteiger partial charge in [-0.05, 0) is 59.5 Å². The molecule has 1 aliphatic heterocycles. The summed E-state index contributed by atoms with van der Waals surface area (Å²) in [6.45, 7) is 11.7. The number of guanidine groups is 1. The van der Waals surface area contributed by atoms with Gasteiger partial charge in [-0.15, -0.1) is 24.0 Å². The second-order valence-corrected chi connectivity index (χ2v) is 7.30. The molecule has 1 aliphatic rings. The molecule has 0 spiro atoms. The topological polar surface area (TPSA) is 67.4 Å². The van der Waals surface area contributed by atoms with E-state index in [1.54, 1.807) is 0 Å². The van der Waals surface area contributed by atoms with Gasteiger partial charge in [-0.25, -0.2) is 0 Å². The zero-order valence-corrected chi connectivity index (χ0v) is 20.7. The van der Waals surface area contributed by atoms with E-state index in [9.17, 15) is 0 Å². The Morgan fingerprint density at radius 3 is 2.61 bits per heavy atom. The molecule has 8 heteroatoms. The highest BCUT2D eigenvalue weighted by atomic mass is 127. The standard InChI is InChI=1S/C20H42N4O3.HI/c1-5-21-20(23-16-19(27-6-2)8-12-24(3)4)22-11-7-13-26-17-18-9-14-25-15-10-18;/h18-19H,5-17H2,1-4H3,(H2,21,22,23);1H. The van der Waals surface area contributed by atoms with Crippen LogP contribution < -0.4 is 10.6 Å². The zero-order chi connectivity index (χ0) is 19.7. The summed E-state index contributed by atoms with van der Waals surface area (Å²) in [4.78, 5) is 6.88. The molecule has 0 bridgehead atoms. The predicted molar refractivity (Wildman–Crippen MR) is 127 cm³/mol. The fourth-order valence-corrected chi connectivity index (χ4v) is 2.94. The summed E-state index contributed by atoms with van der Waals surface area (Å²) in [7, 11) is 4.17. The van der Waals surface area contributed by atoms with Crippen molar-refractivity contribution in [3.05, 3.63) is 0 Å². The van der Waals surface area contributed by atoms with Crippen LogP contribution in [0.3, 0.4) is 0 Å². The average molecular weight is 514 g/mol. The third kappa shape index (κ3) is 14.8. The number of halogens is 1. The lowest BCUT2D eigenvalue weighted by molar-refractivity contribution is 0.0203. The normalized spacial score (nSPS) is 16.7.